The molecule has 1 amide bonds. The van der Waals surface area contributed by atoms with Gasteiger partial charge in [0.05, 0.1) is 17.1 Å². The lowest BCUT2D eigenvalue weighted by Crippen LogP contribution is -2.13. The van der Waals surface area contributed by atoms with Crippen molar-refractivity contribution in [2.45, 2.75) is 13.0 Å². The van der Waals surface area contributed by atoms with Crippen molar-refractivity contribution in [3.8, 4) is 0 Å². The van der Waals surface area contributed by atoms with E-state index in [1.54, 1.807) is 12.1 Å². The molecule has 0 spiro atoms. The molecule has 0 aliphatic carbocycles. The first kappa shape index (κ1) is 14.1. The number of aromatic nitrogens is 2. The summed E-state index contributed by atoms with van der Waals surface area (Å²) in [7, 11) is 2.01. The molecule has 0 bridgehead atoms. The molecule has 112 valence electrons. The van der Waals surface area contributed by atoms with Crippen LogP contribution in [-0.4, -0.2) is 15.5 Å². The first-order chi connectivity index (χ1) is 10.6. The number of nitrogens with one attached hydrogen (secondary N) is 1. The number of hydrogen-bond acceptors (Lipinski definition) is 3. The Bertz CT molecular complexity index is 820. The molecule has 5 heteroatoms. The van der Waals surface area contributed by atoms with E-state index in [1.807, 2.05) is 37.4 Å². The number of amides is 1. The van der Waals surface area contributed by atoms with Crippen LogP contribution >= 0.6 is 0 Å². The molecule has 3 aromatic rings. The minimum absolute atomic E-state index is 0.0387. The summed E-state index contributed by atoms with van der Waals surface area (Å²) in [5.74, 6) is 0.537. The number of benzene rings is 2. The van der Waals surface area contributed by atoms with Crippen LogP contribution in [0.5, 0.6) is 0 Å². The lowest BCUT2D eigenvalue weighted by atomic mass is 10.2. The molecule has 0 fully saturated rings. The van der Waals surface area contributed by atoms with Gasteiger partial charge in [-0.25, -0.2) is 4.98 Å². The average Bonchev–Trinajstić information content (AvgIpc) is 2.85. The zero-order chi connectivity index (χ0) is 15.7. The Balaban J connectivity index is 1.85. The highest BCUT2D eigenvalue weighted by Gasteiger charge is 2.14. The van der Waals surface area contributed by atoms with E-state index in [0.29, 0.717) is 5.56 Å². The van der Waals surface area contributed by atoms with Gasteiger partial charge in [-0.3, -0.25) is 4.79 Å². The normalized spacial score (nSPS) is 12.3. The number of primary amides is 1. The van der Waals surface area contributed by atoms with Crippen LogP contribution in [0.1, 0.15) is 29.1 Å². The molecular weight excluding hydrogens is 276 g/mol. The Morgan fingerprint density at radius 1 is 1.18 bits per heavy atom. The summed E-state index contributed by atoms with van der Waals surface area (Å²) in [6.07, 6.45) is 0. The van der Waals surface area contributed by atoms with Gasteiger partial charge in [0.2, 0.25) is 5.91 Å². The van der Waals surface area contributed by atoms with Gasteiger partial charge in [0, 0.05) is 18.3 Å². The van der Waals surface area contributed by atoms with Crippen LogP contribution in [-0.2, 0) is 7.05 Å². The van der Waals surface area contributed by atoms with Crippen molar-refractivity contribution in [2.75, 3.05) is 5.32 Å². The molecule has 0 saturated carbocycles. The van der Waals surface area contributed by atoms with Crippen molar-refractivity contribution in [2.24, 2.45) is 12.8 Å². The van der Waals surface area contributed by atoms with Crippen molar-refractivity contribution >= 4 is 22.6 Å². The topological polar surface area (TPSA) is 72.9 Å². The number of nitrogens with zero attached hydrogens (tertiary/aromatic N) is 2. The van der Waals surface area contributed by atoms with Crippen LogP contribution in [0, 0.1) is 0 Å². The van der Waals surface area contributed by atoms with Crippen molar-refractivity contribution in [3.63, 3.8) is 0 Å². The number of imidazole rings is 1. The number of para-hydroxylation sites is 2. The van der Waals surface area contributed by atoms with E-state index in [2.05, 4.69) is 27.9 Å². The van der Waals surface area contributed by atoms with Gasteiger partial charge in [0.15, 0.2) is 0 Å². The van der Waals surface area contributed by atoms with Gasteiger partial charge in [0.1, 0.15) is 5.82 Å². The summed E-state index contributed by atoms with van der Waals surface area (Å²) in [6, 6.07) is 15.2. The van der Waals surface area contributed by atoms with E-state index in [4.69, 9.17) is 5.73 Å². The van der Waals surface area contributed by atoms with Crippen LogP contribution < -0.4 is 11.1 Å². The predicted octanol–water partition coefficient (Wildman–Crippen LogP) is 2.85. The first-order valence-corrected chi connectivity index (χ1v) is 7.14. The summed E-state index contributed by atoms with van der Waals surface area (Å²) >= 11 is 0. The molecule has 22 heavy (non-hydrogen) atoms. The monoisotopic (exact) mass is 294 g/mol. The molecule has 0 aliphatic rings. The quantitative estimate of drug-likeness (QED) is 0.777. The van der Waals surface area contributed by atoms with Crippen molar-refractivity contribution < 1.29 is 4.79 Å². The Labute approximate surface area is 128 Å². The fraction of sp³-hybridized carbons (Fsp3) is 0.176. The number of hydrogen-bond donors (Lipinski definition) is 2. The lowest BCUT2D eigenvalue weighted by molar-refractivity contribution is 0.100. The van der Waals surface area contributed by atoms with Gasteiger partial charge in [0.25, 0.3) is 0 Å². The molecule has 1 heterocycles. The zero-order valence-corrected chi connectivity index (χ0v) is 12.6. The third-order valence-electron chi connectivity index (χ3n) is 3.76. The number of carbonyl (C=O) groups excluding carboxylic acids is 1. The standard InChI is InChI=1S/C17H18N4O/c1-11(19-13-9-7-12(8-10-13)16(18)22)17-20-14-5-3-4-6-15(14)21(17)2/h3-11,19H,1-2H3,(H2,18,22). The molecule has 2 aromatic carbocycles. The Kier molecular flexibility index (Phi) is 3.55. The Morgan fingerprint density at radius 2 is 1.86 bits per heavy atom. The zero-order valence-electron chi connectivity index (χ0n) is 12.6. The van der Waals surface area contributed by atoms with E-state index >= 15 is 0 Å². The fourth-order valence-electron chi connectivity index (χ4n) is 2.60. The number of fused-ring (bicyclic) bond motifs is 1. The lowest BCUT2D eigenvalue weighted by Gasteiger charge is -2.15. The molecule has 1 atom stereocenters. The second-order valence-electron chi connectivity index (χ2n) is 5.33. The largest absolute Gasteiger partial charge is 0.375 e. The molecule has 3 rings (SSSR count). The smallest absolute Gasteiger partial charge is 0.248 e. The summed E-state index contributed by atoms with van der Waals surface area (Å²) in [4.78, 5) is 15.8. The van der Waals surface area contributed by atoms with Crippen molar-refractivity contribution in [1.29, 1.82) is 0 Å². The van der Waals surface area contributed by atoms with Gasteiger partial charge in [-0.2, -0.15) is 0 Å². The predicted molar refractivity (Wildman–Crippen MR) is 87.7 cm³/mol. The Morgan fingerprint density at radius 3 is 2.50 bits per heavy atom. The van der Waals surface area contributed by atoms with E-state index in [-0.39, 0.29) is 6.04 Å². The highest BCUT2D eigenvalue weighted by molar-refractivity contribution is 5.93. The second-order valence-corrected chi connectivity index (χ2v) is 5.33. The summed E-state index contributed by atoms with van der Waals surface area (Å²) in [6.45, 7) is 2.06. The third-order valence-corrected chi connectivity index (χ3v) is 3.76. The van der Waals surface area contributed by atoms with Crippen molar-refractivity contribution in [1.82, 2.24) is 9.55 Å². The molecule has 0 radical (unpaired) electrons. The number of carbonyl (C=O) groups is 1. The maximum Gasteiger partial charge on any atom is 0.248 e. The minimum Gasteiger partial charge on any atom is -0.375 e. The van der Waals surface area contributed by atoms with Gasteiger partial charge >= 0.3 is 0 Å². The van der Waals surface area contributed by atoms with Gasteiger partial charge < -0.3 is 15.6 Å². The number of aryl methyl sites for hydroxylation is 1. The second kappa shape index (κ2) is 5.52. The first-order valence-electron chi connectivity index (χ1n) is 7.14. The number of rotatable bonds is 4. The highest BCUT2D eigenvalue weighted by Crippen LogP contribution is 2.22. The van der Waals surface area contributed by atoms with Crippen LogP contribution in [0.3, 0.4) is 0 Å². The van der Waals surface area contributed by atoms with Crippen molar-refractivity contribution in [3.05, 3.63) is 59.9 Å². The van der Waals surface area contributed by atoms with E-state index in [0.717, 1.165) is 22.5 Å². The summed E-state index contributed by atoms with van der Waals surface area (Å²) in [5.41, 5.74) is 8.76. The molecule has 1 aromatic heterocycles. The van der Waals surface area contributed by atoms with E-state index in [9.17, 15) is 4.79 Å². The summed E-state index contributed by atoms with van der Waals surface area (Å²) in [5, 5.41) is 3.39. The number of nitrogens with two attached hydrogens (primary N) is 1. The van der Waals surface area contributed by atoms with Gasteiger partial charge in [-0.15, -0.1) is 0 Å². The van der Waals surface area contributed by atoms with Crippen LogP contribution in [0.15, 0.2) is 48.5 Å². The van der Waals surface area contributed by atoms with Crippen LogP contribution in [0.4, 0.5) is 5.69 Å². The molecule has 3 N–H and O–H groups in total. The highest BCUT2D eigenvalue weighted by atomic mass is 16.1. The van der Waals surface area contributed by atoms with E-state index in [1.165, 1.54) is 0 Å². The van der Waals surface area contributed by atoms with Gasteiger partial charge in [-0.05, 0) is 43.3 Å². The fourth-order valence-corrected chi connectivity index (χ4v) is 2.60. The molecule has 0 aliphatic heterocycles. The van der Waals surface area contributed by atoms with Crippen LogP contribution in [0.25, 0.3) is 11.0 Å². The minimum atomic E-state index is -0.421. The third kappa shape index (κ3) is 2.53. The Hall–Kier alpha value is -2.82. The van der Waals surface area contributed by atoms with Gasteiger partial charge in [-0.1, -0.05) is 12.1 Å². The maximum absolute atomic E-state index is 11.1. The van der Waals surface area contributed by atoms with Crippen LogP contribution in [0.2, 0.25) is 0 Å². The average molecular weight is 294 g/mol. The molecule has 5 nitrogen and oxygen atoms in total. The SMILES string of the molecule is CC(Nc1ccc(C(N)=O)cc1)c1nc2ccccc2n1C. The number of anilines is 1. The molecular formula is C17H18N4O. The maximum atomic E-state index is 11.1. The molecule has 0 saturated heterocycles. The molecule has 1 unspecified atom stereocenters. The van der Waals surface area contributed by atoms with E-state index < -0.39 is 5.91 Å². The summed E-state index contributed by atoms with van der Waals surface area (Å²) < 4.78 is 2.09.